The molecule has 2 aromatic rings. The number of aliphatic carboxylic acids is 1. The van der Waals surface area contributed by atoms with Crippen molar-refractivity contribution in [2.75, 3.05) is 25.0 Å². The van der Waals surface area contributed by atoms with Gasteiger partial charge in [0.05, 0.1) is 23.9 Å². The Morgan fingerprint density at radius 2 is 2.16 bits per heavy atom. The lowest BCUT2D eigenvalue weighted by Gasteiger charge is -2.23. The molecule has 166 valence electrons. The van der Waals surface area contributed by atoms with E-state index in [1.54, 1.807) is 0 Å². The average Bonchev–Trinajstić information content (AvgIpc) is 3.09. The van der Waals surface area contributed by atoms with Crippen molar-refractivity contribution in [3.8, 4) is 0 Å². The standard InChI is InChI=1S/C25H29N5O2/c1-16-25-21-6-5-19(18-7-10-26-11-8-18)15-22(21)23(9-12-30(25)29-28-16)27-20-4-2-3-17(13-20)14-24(31)32/h2-7,13,15,23,26-29H,8-12,14H2,1H3,(H,31,32). The lowest BCUT2D eigenvalue weighted by molar-refractivity contribution is -0.136. The van der Waals surface area contributed by atoms with E-state index in [-0.39, 0.29) is 12.5 Å². The van der Waals surface area contributed by atoms with Gasteiger partial charge in [-0.25, -0.2) is 0 Å². The van der Waals surface area contributed by atoms with Crippen molar-refractivity contribution < 1.29 is 9.90 Å². The molecule has 3 aliphatic rings. The second-order valence-electron chi connectivity index (χ2n) is 8.60. The third-order valence-corrected chi connectivity index (χ3v) is 6.38. The maximum Gasteiger partial charge on any atom is 0.307 e. The van der Waals surface area contributed by atoms with Gasteiger partial charge in [0.2, 0.25) is 0 Å². The zero-order valence-corrected chi connectivity index (χ0v) is 18.2. The maximum atomic E-state index is 11.2. The Hall–Kier alpha value is -3.29. The van der Waals surface area contributed by atoms with Crippen LogP contribution in [0.4, 0.5) is 5.69 Å². The summed E-state index contributed by atoms with van der Waals surface area (Å²) in [5.74, 6) is -0.816. The second kappa shape index (κ2) is 8.68. The summed E-state index contributed by atoms with van der Waals surface area (Å²) >= 11 is 0. The molecule has 5 N–H and O–H groups in total. The summed E-state index contributed by atoms with van der Waals surface area (Å²) < 4.78 is 0. The van der Waals surface area contributed by atoms with Gasteiger partial charge in [0.1, 0.15) is 0 Å². The Balaban J connectivity index is 1.54. The normalized spacial score (nSPS) is 20.1. The molecule has 0 radical (unpaired) electrons. The molecule has 7 heteroatoms. The van der Waals surface area contributed by atoms with Crippen LogP contribution in [0.3, 0.4) is 0 Å². The number of rotatable bonds is 5. The summed E-state index contributed by atoms with van der Waals surface area (Å²) in [4.78, 5) is 11.2. The van der Waals surface area contributed by atoms with Gasteiger partial charge in [-0.05, 0) is 66.8 Å². The fourth-order valence-electron chi connectivity index (χ4n) is 4.85. The van der Waals surface area contributed by atoms with Crippen LogP contribution in [0.5, 0.6) is 0 Å². The van der Waals surface area contributed by atoms with Crippen LogP contribution in [0.2, 0.25) is 0 Å². The highest BCUT2D eigenvalue weighted by molar-refractivity contribution is 5.76. The van der Waals surface area contributed by atoms with E-state index in [4.69, 9.17) is 5.11 Å². The van der Waals surface area contributed by atoms with Crippen molar-refractivity contribution in [2.45, 2.75) is 32.2 Å². The number of hydrogen-bond donors (Lipinski definition) is 5. The monoisotopic (exact) mass is 431 g/mol. The van der Waals surface area contributed by atoms with E-state index < -0.39 is 5.97 Å². The topological polar surface area (TPSA) is 88.7 Å². The summed E-state index contributed by atoms with van der Waals surface area (Å²) in [6.07, 6.45) is 4.25. The predicted molar refractivity (Wildman–Crippen MR) is 126 cm³/mol. The number of hydrazine groups is 2. The first-order valence-corrected chi connectivity index (χ1v) is 11.2. The van der Waals surface area contributed by atoms with Crippen molar-refractivity contribution in [2.24, 2.45) is 0 Å². The molecule has 1 unspecified atom stereocenters. The molecule has 0 spiro atoms. The molecule has 0 fully saturated rings. The number of nitrogens with zero attached hydrogens (tertiary/aromatic N) is 1. The number of nitrogens with one attached hydrogen (secondary N) is 4. The number of carboxylic acid groups (broad SMARTS) is 1. The van der Waals surface area contributed by atoms with Crippen LogP contribution in [0.15, 0.2) is 54.2 Å². The number of benzene rings is 2. The molecule has 3 aliphatic heterocycles. The molecule has 0 aliphatic carbocycles. The molecule has 0 bridgehead atoms. The molecular weight excluding hydrogens is 402 g/mol. The molecule has 3 heterocycles. The maximum absolute atomic E-state index is 11.2. The van der Waals surface area contributed by atoms with Crippen LogP contribution in [-0.4, -0.2) is 35.7 Å². The molecule has 32 heavy (non-hydrogen) atoms. The summed E-state index contributed by atoms with van der Waals surface area (Å²) in [6.45, 7) is 4.87. The largest absolute Gasteiger partial charge is 0.481 e. The van der Waals surface area contributed by atoms with Gasteiger partial charge >= 0.3 is 5.97 Å². The van der Waals surface area contributed by atoms with Crippen LogP contribution in [0, 0.1) is 0 Å². The van der Waals surface area contributed by atoms with E-state index in [0.717, 1.165) is 49.4 Å². The number of carboxylic acids is 1. The van der Waals surface area contributed by atoms with Crippen LogP contribution in [0.25, 0.3) is 11.3 Å². The fraction of sp³-hybridized carbons (Fsp3) is 0.320. The first kappa shape index (κ1) is 20.6. The molecule has 0 saturated carbocycles. The summed E-state index contributed by atoms with van der Waals surface area (Å²) in [7, 11) is 0. The Morgan fingerprint density at radius 1 is 1.25 bits per heavy atom. The highest BCUT2D eigenvalue weighted by Gasteiger charge is 2.30. The lowest BCUT2D eigenvalue weighted by atomic mass is 9.91. The molecular formula is C25H29N5O2. The first-order valence-electron chi connectivity index (χ1n) is 11.2. The minimum absolute atomic E-state index is 0.0263. The van der Waals surface area contributed by atoms with E-state index in [2.05, 4.69) is 57.8 Å². The third-order valence-electron chi connectivity index (χ3n) is 6.38. The highest BCUT2D eigenvalue weighted by atomic mass is 16.4. The van der Waals surface area contributed by atoms with Crippen LogP contribution in [0.1, 0.15) is 48.1 Å². The zero-order valence-electron chi connectivity index (χ0n) is 18.2. The number of hydrogen-bond acceptors (Lipinski definition) is 6. The first-order chi connectivity index (χ1) is 15.6. The Morgan fingerprint density at radius 3 is 2.97 bits per heavy atom. The predicted octanol–water partition coefficient (Wildman–Crippen LogP) is 3.26. The minimum Gasteiger partial charge on any atom is -0.481 e. The van der Waals surface area contributed by atoms with E-state index in [0.29, 0.717) is 0 Å². The summed E-state index contributed by atoms with van der Waals surface area (Å²) in [5.41, 5.74) is 15.8. The van der Waals surface area contributed by atoms with Gasteiger partial charge in [-0.15, -0.1) is 5.53 Å². The fourth-order valence-corrected chi connectivity index (χ4v) is 4.85. The van der Waals surface area contributed by atoms with Gasteiger partial charge < -0.3 is 21.2 Å². The molecule has 1 atom stereocenters. The van der Waals surface area contributed by atoms with Crippen molar-refractivity contribution in [1.82, 2.24) is 21.3 Å². The second-order valence-corrected chi connectivity index (χ2v) is 8.60. The molecule has 2 aromatic carbocycles. The van der Waals surface area contributed by atoms with Gasteiger partial charge in [0, 0.05) is 24.3 Å². The van der Waals surface area contributed by atoms with Gasteiger partial charge in [0.15, 0.2) is 0 Å². The van der Waals surface area contributed by atoms with Gasteiger partial charge in [-0.2, -0.15) is 0 Å². The van der Waals surface area contributed by atoms with Gasteiger partial charge in [-0.3, -0.25) is 9.80 Å². The van der Waals surface area contributed by atoms with Crippen LogP contribution < -0.4 is 21.6 Å². The molecule has 7 nitrogen and oxygen atoms in total. The van der Waals surface area contributed by atoms with Gasteiger partial charge in [0.25, 0.3) is 0 Å². The smallest absolute Gasteiger partial charge is 0.307 e. The van der Waals surface area contributed by atoms with Crippen LogP contribution >= 0.6 is 0 Å². The summed E-state index contributed by atoms with van der Waals surface area (Å²) in [6, 6.07) is 14.7. The van der Waals surface area contributed by atoms with Crippen molar-refractivity contribution in [3.63, 3.8) is 0 Å². The van der Waals surface area contributed by atoms with Crippen molar-refractivity contribution in [3.05, 3.63) is 76.5 Å². The van der Waals surface area contributed by atoms with E-state index in [1.165, 1.54) is 28.0 Å². The molecule has 0 amide bonds. The van der Waals surface area contributed by atoms with E-state index in [1.807, 2.05) is 24.3 Å². The third kappa shape index (κ3) is 4.09. The zero-order chi connectivity index (χ0) is 22.1. The van der Waals surface area contributed by atoms with E-state index >= 15 is 0 Å². The number of allylic oxidation sites excluding steroid dienone is 1. The van der Waals surface area contributed by atoms with Gasteiger partial charge in [-0.1, -0.05) is 30.3 Å². The summed E-state index contributed by atoms with van der Waals surface area (Å²) in [5, 5.41) is 18.4. The Labute approximate surface area is 188 Å². The number of fused-ring (bicyclic) bond motifs is 3. The van der Waals surface area contributed by atoms with Crippen LogP contribution in [-0.2, 0) is 11.2 Å². The number of carbonyl (C=O) groups is 1. The molecule has 0 aromatic heterocycles. The molecule has 5 rings (SSSR count). The Bertz CT molecular complexity index is 1110. The lowest BCUT2D eigenvalue weighted by Crippen LogP contribution is -2.37. The highest BCUT2D eigenvalue weighted by Crippen LogP contribution is 2.38. The molecule has 0 saturated heterocycles. The minimum atomic E-state index is -0.816. The van der Waals surface area contributed by atoms with E-state index in [9.17, 15) is 4.79 Å². The average molecular weight is 432 g/mol. The number of anilines is 1. The van der Waals surface area contributed by atoms with Crippen molar-refractivity contribution >= 4 is 22.9 Å². The van der Waals surface area contributed by atoms with Crippen molar-refractivity contribution in [1.29, 1.82) is 0 Å². The quantitative estimate of drug-likeness (QED) is 0.497. The SMILES string of the molecule is CC1=C2c3ccc(C4=CCNCC4)cc3C(Nc3cccc(CC(=O)O)c3)CCN2NN1. The Kier molecular flexibility index (Phi) is 5.59.